The highest BCUT2D eigenvalue weighted by molar-refractivity contribution is 5.67. The summed E-state index contributed by atoms with van der Waals surface area (Å²) in [5.41, 5.74) is 3.99. The van der Waals surface area contributed by atoms with Crippen molar-refractivity contribution in [2.75, 3.05) is 57.5 Å². The van der Waals surface area contributed by atoms with Gasteiger partial charge >= 0.3 is 0 Å². The van der Waals surface area contributed by atoms with Crippen LogP contribution in [0.3, 0.4) is 0 Å². The predicted molar refractivity (Wildman–Crippen MR) is 148 cm³/mol. The van der Waals surface area contributed by atoms with Crippen LogP contribution in [0.2, 0.25) is 0 Å². The van der Waals surface area contributed by atoms with Gasteiger partial charge in [-0.15, -0.1) is 0 Å². The molecule has 1 N–H and O–H groups in total. The van der Waals surface area contributed by atoms with Gasteiger partial charge in [0.05, 0.1) is 43.3 Å². The summed E-state index contributed by atoms with van der Waals surface area (Å²) in [7, 11) is 6.67. The van der Waals surface area contributed by atoms with Gasteiger partial charge in [0.15, 0.2) is 0 Å². The summed E-state index contributed by atoms with van der Waals surface area (Å²) < 4.78 is 0.774. The van der Waals surface area contributed by atoms with Crippen LogP contribution in [0.1, 0.15) is 24.8 Å². The molecular weight excluding hydrogens is 462 g/mol. The molecule has 3 aromatic rings. The smallest absolute Gasteiger partial charge is 0.227 e. The minimum absolute atomic E-state index is 0.467. The number of hydrogen-bond acceptors (Lipinski definition) is 8. The van der Waals surface area contributed by atoms with Crippen molar-refractivity contribution in [1.82, 2.24) is 29.3 Å². The number of nitrogens with one attached hydrogen (secondary N) is 1. The molecule has 37 heavy (non-hydrogen) atoms. The van der Waals surface area contributed by atoms with Crippen molar-refractivity contribution >= 4 is 23.3 Å². The van der Waals surface area contributed by atoms with Gasteiger partial charge in [0.1, 0.15) is 11.9 Å². The number of likely N-dealkylation sites (tertiary alicyclic amines) is 1. The van der Waals surface area contributed by atoms with Crippen molar-refractivity contribution in [3.8, 4) is 17.3 Å². The van der Waals surface area contributed by atoms with E-state index in [0.717, 1.165) is 59.7 Å². The van der Waals surface area contributed by atoms with Crippen LogP contribution in [0, 0.1) is 11.3 Å². The van der Waals surface area contributed by atoms with Crippen LogP contribution in [-0.2, 0) is 0 Å². The van der Waals surface area contributed by atoms with Crippen LogP contribution < -0.4 is 14.7 Å². The zero-order chi connectivity index (χ0) is 26.0. The lowest BCUT2D eigenvalue weighted by molar-refractivity contribution is 0.164. The Morgan fingerprint density at radius 1 is 1.08 bits per heavy atom. The molecule has 0 atom stereocenters. The van der Waals surface area contributed by atoms with Crippen molar-refractivity contribution in [2.45, 2.75) is 25.3 Å². The maximum absolute atomic E-state index is 9.75. The number of hydrogen-bond donors (Lipinski definition) is 1. The Hall–Kier alpha value is -3.87. The molecule has 9 heteroatoms. The van der Waals surface area contributed by atoms with Gasteiger partial charge in [-0.2, -0.15) is 5.26 Å². The van der Waals surface area contributed by atoms with Crippen LogP contribution in [0.15, 0.2) is 55.0 Å². The summed E-state index contributed by atoms with van der Waals surface area (Å²) >= 11 is 0. The summed E-state index contributed by atoms with van der Waals surface area (Å²) in [6.07, 6.45) is 8.58. The SMILES string of the molecule is C=C1CCN(c2ncc(-c3ccnc(Nc4ccc([N+](C)(C)C5CCN(C)CC5)nc4)n3)cc2C#N)C1. The standard InChI is InChI=1S/C28H34N9/c1-20-8-14-36(19-20)27-21(16-29)15-22(17-32-27)25-7-11-30-28(34-25)33-23-5-6-26(31-18-23)37(3,4)24-9-12-35(2)13-10-24/h5-7,11,15,17-18,24H,1,8-10,12-14,19H2,2-4H3,(H,30,33,34)/q+1. The zero-order valence-corrected chi connectivity index (χ0v) is 21.9. The number of piperidine rings is 1. The lowest BCUT2D eigenvalue weighted by Gasteiger charge is -2.40. The molecule has 0 aromatic carbocycles. The summed E-state index contributed by atoms with van der Waals surface area (Å²) in [5, 5.41) is 13.0. The van der Waals surface area contributed by atoms with Gasteiger partial charge in [-0.05, 0) is 31.7 Å². The number of quaternary nitrogens is 1. The van der Waals surface area contributed by atoms with E-state index in [1.165, 1.54) is 12.8 Å². The molecule has 190 valence electrons. The molecule has 2 aliphatic heterocycles. The molecule has 0 unspecified atom stereocenters. The topological polar surface area (TPSA) is 93.9 Å². The first-order valence-corrected chi connectivity index (χ1v) is 12.7. The lowest BCUT2D eigenvalue weighted by Crippen LogP contribution is -2.54. The van der Waals surface area contributed by atoms with Crippen molar-refractivity contribution in [2.24, 2.45) is 0 Å². The second-order valence-electron chi connectivity index (χ2n) is 10.5. The van der Waals surface area contributed by atoms with Crippen molar-refractivity contribution in [3.63, 3.8) is 0 Å². The largest absolute Gasteiger partial charge is 0.351 e. The molecule has 2 aliphatic rings. The summed E-state index contributed by atoms with van der Waals surface area (Å²) in [4.78, 5) is 22.9. The van der Waals surface area contributed by atoms with Gasteiger partial charge in [-0.3, -0.25) is 4.48 Å². The van der Waals surface area contributed by atoms with Crippen molar-refractivity contribution in [3.05, 3.63) is 60.6 Å². The number of nitriles is 1. The summed E-state index contributed by atoms with van der Waals surface area (Å²) in [5.74, 6) is 2.21. The minimum atomic E-state index is 0.467. The third-order valence-corrected chi connectivity index (χ3v) is 7.58. The highest BCUT2D eigenvalue weighted by atomic mass is 15.4. The molecule has 0 aliphatic carbocycles. The number of nitrogens with zero attached hydrogens (tertiary/aromatic N) is 8. The molecule has 9 nitrogen and oxygen atoms in total. The Morgan fingerprint density at radius 2 is 1.89 bits per heavy atom. The molecule has 0 spiro atoms. The lowest BCUT2D eigenvalue weighted by atomic mass is 10.0. The molecule has 0 radical (unpaired) electrons. The molecular formula is C28H34N9+. The van der Waals surface area contributed by atoms with E-state index in [-0.39, 0.29) is 0 Å². The van der Waals surface area contributed by atoms with E-state index in [4.69, 9.17) is 4.98 Å². The predicted octanol–water partition coefficient (Wildman–Crippen LogP) is 3.98. The quantitative estimate of drug-likeness (QED) is 0.405. The number of rotatable bonds is 6. The maximum Gasteiger partial charge on any atom is 0.227 e. The first kappa shape index (κ1) is 24.8. The first-order chi connectivity index (χ1) is 17.8. The van der Waals surface area contributed by atoms with Gasteiger partial charge in [-0.25, -0.2) is 19.9 Å². The second-order valence-corrected chi connectivity index (χ2v) is 10.5. The number of pyridine rings is 2. The molecule has 5 rings (SSSR count). The minimum Gasteiger partial charge on any atom is -0.351 e. The van der Waals surface area contributed by atoms with Crippen LogP contribution >= 0.6 is 0 Å². The van der Waals surface area contributed by atoms with Gasteiger partial charge in [0, 0.05) is 63.0 Å². The Bertz CT molecular complexity index is 1320. The van der Waals surface area contributed by atoms with Crippen molar-refractivity contribution < 1.29 is 0 Å². The monoisotopic (exact) mass is 496 g/mol. The van der Waals surface area contributed by atoms with Crippen LogP contribution in [0.5, 0.6) is 0 Å². The Morgan fingerprint density at radius 3 is 2.57 bits per heavy atom. The average Bonchev–Trinajstić information content (AvgIpc) is 3.35. The van der Waals surface area contributed by atoms with E-state index < -0.39 is 0 Å². The molecule has 2 saturated heterocycles. The molecule has 0 saturated carbocycles. The van der Waals surface area contributed by atoms with Crippen LogP contribution in [-0.4, -0.2) is 78.2 Å². The average molecular weight is 497 g/mol. The van der Waals surface area contributed by atoms with E-state index in [1.54, 1.807) is 12.4 Å². The van der Waals surface area contributed by atoms with Gasteiger partial charge in [0.25, 0.3) is 0 Å². The number of aromatic nitrogens is 4. The Kier molecular flexibility index (Phi) is 6.87. The molecule has 5 heterocycles. The molecule has 2 fully saturated rings. The van der Waals surface area contributed by atoms with E-state index in [1.807, 2.05) is 24.4 Å². The summed E-state index contributed by atoms with van der Waals surface area (Å²) in [6.45, 7) is 7.88. The highest BCUT2D eigenvalue weighted by Gasteiger charge is 2.34. The fourth-order valence-corrected chi connectivity index (χ4v) is 5.17. The fourth-order valence-electron chi connectivity index (χ4n) is 5.17. The van der Waals surface area contributed by atoms with E-state index in [9.17, 15) is 5.26 Å². The van der Waals surface area contributed by atoms with Gasteiger partial charge in [-0.1, -0.05) is 12.2 Å². The molecule has 3 aromatic heterocycles. The normalized spacial score (nSPS) is 17.1. The highest BCUT2D eigenvalue weighted by Crippen LogP contribution is 2.29. The van der Waals surface area contributed by atoms with E-state index >= 15 is 0 Å². The van der Waals surface area contributed by atoms with Gasteiger partial charge < -0.3 is 15.1 Å². The third-order valence-electron chi connectivity index (χ3n) is 7.58. The van der Waals surface area contributed by atoms with Crippen LogP contribution in [0.25, 0.3) is 11.3 Å². The van der Waals surface area contributed by atoms with E-state index in [2.05, 4.69) is 69.9 Å². The Balaban J connectivity index is 1.31. The summed E-state index contributed by atoms with van der Waals surface area (Å²) in [6, 6.07) is 10.6. The first-order valence-electron chi connectivity index (χ1n) is 12.7. The second kappa shape index (κ2) is 10.2. The van der Waals surface area contributed by atoms with Crippen LogP contribution in [0.4, 0.5) is 23.3 Å². The fraction of sp³-hybridized carbons (Fsp3) is 0.393. The van der Waals surface area contributed by atoms with Gasteiger partial charge in [0.2, 0.25) is 11.8 Å². The zero-order valence-electron chi connectivity index (χ0n) is 21.9. The molecule has 0 amide bonds. The Labute approximate surface area is 218 Å². The molecule has 0 bridgehead atoms. The van der Waals surface area contributed by atoms with Crippen molar-refractivity contribution in [1.29, 1.82) is 5.26 Å². The van der Waals surface area contributed by atoms with E-state index in [0.29, 0.717) is 29.1 Å². The number of anilines is 3. The maximum atomic E-state index is 9.75. The third kappa shape index (κ3) is 5.31.